The number of nitrogens with one attached hydrogen (secondary N) is 1. The number of carbonyl (C=O) groups is 1. The van der Waals surface area contributed by atoms with E-state index in [4.69, 9.17) is 0 Å². The van der Waals surface area contributed by atoms with Gasteiger partial charge in [-0.3, -0.25) is 5.32 Å². The Morgan fingerprint density at radius 3 is 2.55 bits per heavy atom. The van der Waals surface area contributed by atoms with Crippen molar-refractivity contribution in [3.05, 3.63) is 60.4 Å². The molecule has 3 heterocycles. The first-order valence-electron chi connectivity index (χ1n) is 8.97. The Balaban J connectivity index is 1.41. The van der Waals surface area contributed by atoms with Crippen LogP contribution in [0, 0.1) is 11.6 Å². The highest BCUT2D eigenvalue weighted by atomic mass is 19.2. The van der Waals surface area contributed by atoms with Gasteiger partial charge in [-0.1, -0.05) is 0 Å². The molecule has 10 heteroatoms. The lowest BCUT2D eigenvalue weighted by molar-refractivity contribution is 0.208. The highest BCUT2D eigenvalue weighted by molar-refractivity contribution is 5.88. The van der Waals surface area contributed by atoms with Gasteiger partial charge in [-0.25, -0.2) is 23.5 Å². The molecule has 8 nitrogen and oxygen atoms in total. The van der Waals surface area contributed by atoms with Gasteiger partial charge in [-0.15, -0.1) is 5.10 Å². The van der Waals surface area contributed by atoms with E-state index >= 15 is 0 Å². The SMILES string of the molecule is O=C(Nc1cccnn1)N1CCN(c2nccc(-c3ccc(F)c(F)c3)n2)CC1. The van der Waals surface area contributed by atoms with Gasteiger partial charge < -0.3 is 9.80 Å². The van der Waals surface area contributed by atoms with Crippen molar-refractivity contribution in [3.8, 4) is 11.3 Å². The van der Waals surface area contributed by atoms with Gasteiger partial charge in [0, 0.05) is 44.1 Å². The maximum absolute atomic E-state index is 13.5. The van der Waals surface area contributed by atoms with Crippen molar-refractivity contribution in [2.75, 3.05) is 36.4 Å². The highest BCUT2D eigenvalue weighted by Gasteiger charge is 2.23. The number of hydrogen-bond acceptors (Lipinski definition) is 6. The van der Waals surface area contributed by atoms with Crippen LogP contribution in [-0.4, -0.2) is 57.3 Å². The van der Waals surface area contributed by atoms with Crippen LogP contribution >= 0.6 is 0 Å². The van der Waals surface area contributed by atoms with Crippen LogP contribution < -0.4 is 10.2 Å². The molecule has 0 radical (unpaired) electrons. The quantitative estimate of drug-likeness (QED) is 0.731. The molecular weight excluding hydrogens is 380 g/mol. The van der Waals surface area contributed by atoms with E-state index in [1.54, 1.807) is 29.3 Å². The highest BCUT2D eigenvalue weighted by Crippen LogP contribution is 2.22. The first-order valence-corrected chi connectivity index (χ1v) is 8.97. The molecule has 1 fully saturated rings. The fraction of sp³-hybridized carbons (Fsp3) is 0.211. The van der Waals surface area contributed by atoms with Crippen molar-refractivity contribution in [1.82, 2.24) is 25.1 Å². The summed E-state index contributed by atoms with van der Waals surface area (Å²) in [6.45, 7) is 2.03. The Hall–Kier alpha value is -3.69. The number of benzene rings is 1. The zero-order valence-electron chi connectivity index (χ0n) is 15.3. The summed E-state index contributed by atoms with van der Waals surface area (Å²) in [6, 6.07) is 8.40. The Kier molecular flexibility index (Phi) is 5.23. The maximum atomic E-state index is 13.5. The van der Waals surface area contributed by atoms with Crippen molar-refractivity contribution in [3.63, 3.8) is 0 Å². The van der Waals surface area contributed by atoms with Crippen molar-refractivity contribution < 1.29 is 13.6 Å². The Labute approximate surface area is 165 Å². The van der Waals surface area contributed by atoms with Crippen molar-refractivity contribution in [2.24, 2.45) is 0 Å². The molecule has 29 heavy (non-hydrogen) atoms. The topological polar surface area (TPSA) is 87.1 Å². The van der Waals surface area contributed by atoms with E-state index in [1.165, 1.54) is 12.3 Å². The number of aromatic nitrogens is 4. The molecule has 1 saturated heterocycles. The van der Waals surface area contributed by atoms with Gasteiger partial charge in [0.05, 0.1) is 5.69 Å². The summed E-state index contributed by atoms with van der Waals surface area (Å²) in [6.07, 6.45) is 3.11. The minimum atomic E-state index is -0.926. The number of nitrogens with zero attached hydrogens (tertiary/aromatic N) is 6. The molecule has 0 unspecified atom stereocenters. The average Bonchev–Trinajstić information content (AvgIpc) is 2.76. The Bertz CT molecular complexity index is 1010. The van der Waals surface area contributed by atoms with E-state index in [2.05, 4.69) is 25.5 Å². The van der Waals surface area contributed by atoms with Crippen LogP contribution in [-0.2, 0) is 0 Å². The molecule has 0 spiro atoms. The summed E-state index contributed by atoms with van der Waals surface area (Å²) in [4.78, 5) is 24.7. The fourth-order valence-electron chi connectivity index (χ4n) is 2.98. The normalized spacial score (nSPS) is 14.0. The molecule has 0 aliphatic carbocycles. The average molecular weight is 397 g/mol. The minimum Gasteiger partial charge on any atom is -0.337 e. The summed E-state index contributed by atoms with van der Waals surface area (Å²) in [5.41, 5.74) is 0.964. The minimum absolute atomic E-state index is 0.249. The number of anilines is 2. The largest absolute Gasteiger partial charge is 0.337 e. The van der Waals surface area contributed by atoms with E-state index in [0.29, 0.717) is 49.2 Å². The number of rotatable bonds is 3. The number of hydrogen-bond donors (Lipinski definition) is 1. The summed E-state index contributed by atoms with van der Waals surface area (Å²) in [5.74, 6) is -0.965. The second-order valence-electron chi connectivity index (χ2n) is 6.38. The number of amides is 2. The van der Waals surface area contributed by atoms with Gasteiger partial charge in [0.25, 0.3) is 0 Å². The molecule has 148 valence electrons. The predicted octanol–water partition coefficient (Wildman–Crippen LogP) is 2.57. The van der Waals surface area contributed by atoms with Gasteiger partial charge in [-0.05, 0) is 36.4 Å². The zero-order chi connectivity index (χ0) is 20.2. The molecule has 0 bridgehead atoms. The molecule has 1 aliphatic heterocycles. The maximum Gasteiger partial charge on any atom is 0.323 e. The van der Waals surface area contributed by atoms with Crippen LogP contribution in [0.3, 0.4) is 0 Å². The lowest BCUT2D eigenvalue weighted by Crippen LogP contribution is -2.50. The number of urea groups is 1. The monoisotopic (exact) mass is 397 g/mol. The van der Waals surface area contributed by atoms with Gasteiger partial charge >= 0.3 is 6.03 Å². The summed E-state index contributed by atoms with van der Waals surface area (Å²) < 4.78 is 26.7. The number of carbonyl (C=O) groups excluding carboxylic acids is 1. The molecule has 3 aromatic rings. The van der Waals surface area contributed by atoms with Crippen LogP contribution in [0.4, 0.5) is 25.3 Å². The van der Waals surface area contributed by atoms with E-state index in [0.717, 1.165) is 12.1 Å². The van der Waals surface area contributed by atoms with Gasteiger partial charge in [0.2, 0.25) is 5.95 Å². The van der Waals surface area contributed by atoms with Crippen molar-refractivity contribution in [2.45, 2.75) is 0 Å². The lowest BCUT2D eigenvalue weighted by atomic mass is 10.1. The van der Waals surface area contributed by atoms with Crippen LogP contribution in [0.15, 0.2) is 48.8 Å². The van der Waals surface area contributed by atoms with E-state index < -0.39 is 11.6 Å². The van der Waals surface area contributed by atoms with Crippen LogP contribution in [0.5, 0.6) is 0 Å². The first kappa shape index (κ1) is 18.7. The summed E-state index contributed by atoms with van der Waals surface area (Å²) in [7, 11) is 0. The molecule has 2 aromatic heterocycles. The molecule has 0 saturated carbocycles. The predicted molar refractivity (Wildman–Crippen MR) is 102 cm³/mol. The van der Waals surface area contributed by atoms with Gasteiger partial charge in [0.15, 0.2) is 17.5 Å². The standard InChI is InChI=1S/C19H17F2N7O/c20-14-4-3-13(12-15(14)21)16-5-7-22-18(24-16)27-8-10-28(11-9-27)19(29)25-17-2-1-6-23-26-17/h1-7,12H,8-11H2,(H,25,26,29). The first-order chi connectivity index (χ1) is 14.1. The molecule has 4 rings (SSSR count). The molecule has 1 aromatic carbocycles. The lowest BCUT2D eigenvalue weighted by Gasteiger charge is -2.34. The molecular formula is C19H17F2N7O. The number of halogens is 2. The summed E-state index contributed by atoms with van der Waals surface area (Å²) in [5, 5.41) is 10.3. The van der Waals surface area contributed by atoms with Gasteiger partial charge in [0.1, 0.15) is 0 Å². The third-order valence-corrected chi connectivity index (χ3v) is 4.52. The molecule has 1 aliphatic rings. The molecule has 0 atom stereocenters. The third kappa shape index (κ3) is 4.26. The van der Waals surface area contributed by atoms with E-state index in [-0.39, 0.29) is 6.03 Å². The smallest absolute Gasteiger partial charge is 0.323 e. The number of piperazine rings is 1. The van der Waals surface area contributed by atoms with Crippen molar-refractivity contribution in [1.29, 1.82) is 0 Å². The Morgan fingerprint density at radius 2 is 1.83 bits per heavy atom. The zero-order valence-corrected chi connectivity index (χ0v) is 15.3. The molecule has 2 amide bonds. The van der Waals surface area contributed by atoms with Crippen molar-refractivity contribution >= 4 is 17.8 Å². The molecule has 1 N–H and O–H groups in total. The fourth-order valence-corrected chi connectivity index (χ4v) is 2.98. The van der Waals surface area contributed by atoms with Crippen LogP contribution in [0.1, 0.15) is 0 Å². The third-order valence-electron chi connectivity index (χ3n) is 4.52. The Morgan fingerprint density at radius 1 is 1.00 bits per heavy atom. The van der Waals surface area contributed by atoms with Crippen LogP contribution in [0.25, 0.3) is 11.3 Å². The van der Waals surface area contributed by atoms with Crippen LogP contribution in [0.2, 0.25) is 0 Å². The van der Waals surface area contributed by atoms with E-state index in [9.17, 15) is 13.6 Å². The summed E-state index contributed by atoms with van der Waals surface area (Å²) >= 11 is 0. The second kappa shape index (κ2) is 8.13. The van der Waals surface area contributed by atoms with E-state index in [1.807, 2.05) is 4.90 Å². The second-order valence-corrected chi connectivity index (χ2v) is 6.38. The van der Waals surface area contributed by atoms with Gasteiger partial charge in [-0.2, -0.15) is 5.10 Å².